The largest absolute Gasteiger partial charge is 0.310 e. The molecule has 0 N–H and O–H groups in total. The van der Waals surface area contributed by atoms with Gasteiger partial charge in [-0.05, 0) is 87.3 Å². The lowest BCUT2D eigenvalue weighted by atomic mass is 9.99. The SMILES string of the molecule is C1=C(c2ccc(N(c3ccc(-c4ccc(-c5ccccc5)s4)cc3)c3cc4ccccc4c4ccccc34)cc2)SC(c2ccccc2)C1. The second-order valence-electron chi connectivity index (χ2n) is 12.4. The average Bonchev–Trinajstić information content (AvgIpc) is 3.88. The zero-order valence-corrected chi connectivity index (χ0v) is 28.5. The molecule has 8 aromatic rings. The van der Waals surface area contributed by atoms with Crippen molar-refractivity contribution in [3.05, 3.63) is 193 Å². The van der Waals surface area contributed by atoms with Gasteiger partial charge in [-0.1, -0.05) is 140 Å². The van der Waals surface area contributed by atoms with Gasteiger partial charge in [0.15, 0.2) is 0 Å². The molecule has 0 radical (unpaired) electrons. The number of thiophene rings is 1. The molecule has 1 aromatic heterocycles. The minimum absolute atomic E-state index is 0.474. The number of hydrogen-bond donors (Lipinski definition) is 0. The van der Waals surface area contributed by atoms with Crippen molar-refractivity contribution < 1.29 is 0 Å². The van der Waals surface area contributed by atoms with Gasteiger partial charge in [0.05, 0.1) is 5.69 Å². The standard InChI is InChI=1S/C46H33NS2/c1-3-11-32(12-4-1)43-27-29-45(48-43)34-19-23-37(24-20-34)47(42-31-36-15-7-8-16-39(36)40-17-9-10-18-41(40)42)38-25-21-35(22-26-38)46-30-28-44(49-46)33-13-5-2-6-14-33/h1-27,29-31,44H,28H2. The topological polar surface area (TPSA) is 3.24 Å². The fourth-order valence-electron chi connectivity index (χ4n) is 6.97. The molecule has 0 fully saturated rings. The molecule has 0 aliphatic carbocycles. The maximum atomic E-state index is 2.43. The highest BCUT2D eigenvalue weighted by atomic mass is 32.2. The van der Waals surface area contributed by atoms with E-state index in [0.717, 1.165) is 17.8 Å². The summed E-state index contributed by atoms with van der Waals surface area (Å²) in [4.78, 5) is 6.34. The van der Waals surface area contributed by atoms with Crippen LogP contribution in [0.25, 0.3) is 47.3 Å². The molecular formula is C46H33NS2. The molecule has 9 rings (SSSR count). The van der Waals surface area contributed by atoms with Crippen molar-refractivity contribution >= 4 is 66.6 Å². The first-order chi connectivity index (χ1) is 24.3. The van der Waals surface area contributed by atoms with E-state index in [1.165, 1.54) is 64.1 Å². The summed E-state index contributed by atoms with van der Waals surface area (Å²) >= 11 is 3.82. The maximum Gasteiger partial charge on any atom is 0.0546 e. The Morgan fingerprint density at radius 2 is 1.02 bits per heavy atom. The highest BCUT2D eigenvalue weighted by Gasteiger charge is 2.22. The van der Waals surface area contributed by atoms with Gasteiger partial charge in [0.1, 0.15) is 0 Å². The molecule has 1 aliphatic heterocycles. The van der Waals surface area contributed by atoms with E-state index >= 15 is 0 Å². The predicted octanol–water partition coefficient (Wildman–Crippen LogP) is 14.1. The van der Waals surface area contributed by atoms with Crippen LogP contribution in [0.5, 0.6) is 0 Å². The molecule has 49 heavy (non-hydrogen) atoms. The molecule has 0 saturated heterocycles. The maximum absolute atomic E-state index is 2.43. The van der Waals surface area contributed by atoms with E-state index in [1.807, 2.05) is 23.1 Å². The number of hydrogen-bond acceptors (Lipinski definition) is 3. The Hall–Kier alpha value is -5.35. The summed E-state index contributed by atoms with van der Waals surface area (Å²) in [5.74, 6) is 0. The molecule has 7 aromatic carbocycles. The summed E-state index contributed by atoms with van der Waals surface area (Å²) in [6.07, 6.45) is 3.46. The van der Waals surface area contributed by atoms with E-state index in [1.54, 1.807) is 0 Å². The summed E-state index contributed by atoms with van der Waals surface area (Å²) in [7, 11) is 0. The van der Waals surface area contributed by atoms with Crippen molar-refractivity contribution in [2.24, 2.45) is 0 Å². The lowest BCUT2D eigenvalue weighted by Crippen LogP contribution is -2.10. The molecule has 1 nitrogen and oxygen atoms in total. The monoisotopic (exact) mass is 663 g/mol. The molecule has 1 unspecified atom stereocenters. The van der Waals surface area contributed by atoms with E-state index in [2.05, 4.69) is 187 Å². The van der Waals surface area contributed by atoms with Crippen LogP contribution in [0.15, 0.2) is 182 Å². The number of rotatable bonds is 7. The van der Waals surface area contributed by atoms with Gasteiger partial charge in [0.2, 0.25) is 0 Å². The minimum atomic E-state index is 0.474. The summed E-state index contributed by atoms with van der Waals surface area (Å²) in [6, 6.07) is 64.1. The lowest BCUT2D eigenvalue weighted by Gasteiger charge is -2.28. The third kappa shape index (κ3) is 5.76. The lowest BCUT2D eigenvalue weighted by molar-refractivity contribution is 0.991. The smallest absolute Gasteiger partial charge is 0.0546 e. The fraction of sp³-hybridized carbons (Fsp3) is 0.0435. The van der Waals surface area contributed by atoms with Crippen molar-refractivity contribution in [3.8, 4) is 20.9 Å². The van der Waals surface area contributed by atoms with E-state index in [4.69, 9.17) is 0 Å². The Balaban J connectivity index is 1.11. The van der Waals surface area contributed by atoms with Crippen LogP contribution in [0.3, 0.4) is 0 Å². The first kappa shape index (κ1) is 29.8. The van der Waals surface area contributed by atoms with E-state index in [0.29, 0.717) is 5.25 Å². The highest BCUT2D eigenvalue weighted by molar-refractivity contribution is 8.08. The predicted molar refractivity (Wildman–Crippen MR) is 214 cm³/mol. The molecule has 0 bridgehead atoms. The van der Waals surface area contributed by atoms with Crippen LogP contribution in [-0.4, -0.2) is 0 Å². The molecule has 3 heteroatoms. The molecule has 1 atom stereocenters. The Kier molecular flexibility index (Phi) is 7.85. The molecule has 1 aliphatic rings. The normalized spacial score (nSPS) is 14.3. The number of allylic oxidation sites excluding steroid dienone is 1. The van der Waals surface area contributed by atoms with Crippen LogP contribution in [0, 0.1) is 0 Å². The number of anilines is 3. The van der Waals surface area contributed by atoms with Gasteiger partial charge in [-0.3, -0.25) is 0 Å². The first-order valence-electron chi connectivity index (χ1n) is 16.8. The molecule has 0 amide bonds. The third-order valence-corrected chi connectivity index (χ3v) is 12.0. The molecular weight excluding hydrogens is 631 g/mol. The molecule has 2 heterocycles. The Bertz CT molecular complexity index is 2430. The summed E-state index contributed by atoms with van der Waals surface area (Å²) in [6.45, 7) is 0. The van der Waals surface area contributed by atoms with E-state index < -0.39 is 0 Å². The number of benzene rings is 7. The van der Waals surface area contributed by atoms with Gasteiger partial charge < -0.3 is 4.90 Å². The van der Waals surface area contributed by atoms with Gasteiger partial charge in [-0.2, -0.15) is 0 Å². The minimum Gasteiger partial charge on any atom is -0.310 e. The Labute approximate surface area is 295 Å². The Morgan fingerprint density at radius 3 is 1.71 bits per heavy atom. The van der Waals surface area contributed by atoms with Crippen LogP contribution >= 0.6 is 23.1 Å². The number of fused-ring (bicyclic) bond motifs is 3. The van der Waals surface area contributed by atoms with Gasteiger partial charge in [0.25, 0.3) is 0 Å². The van der Waals surface area contributed by atoms with E-state index in [-0.39, 0.29) is 0 Å². The van der Waals surface area contributed by atoms with E-state index in [9.17, 15) is 0 Å². The van der Waals surface area contributed by atoms with Crippen molar-refractivity contribution in [2.45, 2.75) is 11.7 Å². The zero-order valence-electron chi connectivity index (χ0n) is 26.9. The quantitative estimate of drug-likeness (QED) is 0.156. The second-order valence-corrected chi connectivity index (χ2v) is 14.8. The van der Waals surface area contributed by atoms with Crippen LogP contribution in [-0.2, 0) is 0 Å². The van der Waals surface area contributed by atoms with Crippen molar-refractivity contribution in [1.29, 1.82) is 0 Å². The van der Waals surface area contributed by atoms with Crippen molar-refractivity contribution in [1.82, 2.24) is 0 Å². The van der Waals surface area contributed by atoms with Gasteiger partial charge >= 0.3 is 0 Å². The highest BCUT2D eigenvalue weighted by Crippen LogP contribution is 2.49. The van der Waals surface area contributed by atoms with Crippen LogP contribution in [0.4, 0.5) is 17.1 Å². The van der Waals surface area contributed by atoms with Crippen molar-refractivity contribution in [3.63, 3.8) is 0 Å². The number of nitrogens with zero attached hydrogens (tertiary/aromatic N) is 1. The van der Waals surface area contributed by atoms with Gasteiger partial charge in [-0.25, -0.2) is 0 Å². The van der Waals surface area contributed by atoms with Crippen LogP contribution in [0.2, 0.25) is 0 Å². The molecule has 234 valence electrons. The fourth-order valence-corrected chi connectivity index (χ4v) is 9.24. The molecule has 0 spiro atoms. The Morgan fingerprint density at radius 1 is 0.469 bits per heavy atom. The van der Waals surface area contributed by atoms with Gasteiger partial charge in [0, 0.05) is 36.7 Å². The average molecular weight is 664 g/mol. The summed E-state index contributed by atoms with van der Waals surface area (Å²) in [5, 5.41) is 5.49. The molecule has 0 saturated carbocycles. The van der Waals surface area contributed by atoms with Crippen LogP contribution < -0.4 is 4.90 Å². The summed E-state index contributed by atoms with van der Waals surface area (Å²) < 4.78 is 0. The summed E-state index contributed by atoms with van der Waals surface area (Å²) in [5.41, 5.74) is 8.61. The second kappa shape index (κ2) is 12.9. The van der Waals surface area contributed by atoms with Gasteiger partial charge in [-0.15, -0.1) is 23.1 Å². The number of thioether (sulfide) groups is 1. The van der Waals surface area contributed by atoms with Crippen molar-refractivity contribution in [2.75, 3.05) is 4.90 Å². The first-order valence-corrected chi connectivity index (χ1v) is 18.5. The third-order valence-electron chi connectivity index (χ3n) is 9.43. The zero-order chi connectivity index (χ0) is 32.6. The van der Waals surface area contributed by atoms with Crippen LogP contribution in [0.1, 0.15) is 22.8 Å².